The van der Waals surface area contributed by atoms with Gasteiger partial charge in [0.2, 0.25) is 0 Å². The third-order valence-corrected chi connectivity index (χ3v) is 5.49. The summed E-state index contributed by atoms with van der Waals surface area (Å²) in [6.45, 7) is 4.21. The molecule has 1 fully saturated rings. The van der Waals surface area contributed by atoms with Crippen LogP contribution in [0, 0.1) is 0 Å². The summed E-state index contributed by atoms with van der Waals surface area (Å²) in [6.07, 6.45) is 6.78. The van der Waals surface area contributed by atoms with Crippen molar-refractivity contribution >= 4 is 27.7 Å². The van der Waals surface area contributed by atoms with Crippen LogP contribution in [0.1, 0.15) is 39.0 Å². The van der Waals surface area contributed by atoms with Crippen molar-refractivity contribution in [1.29, 1.82) is 0 Å². The summed E-state index contributed by atoms with van der Waals surface area (Å²) < 4.78 is 6.86. The lowest BCUT2D eigenvalue weighted by Gasteiger charge is -2.18. The van der Waals surface area contributed by atoms with Crippen LogP contribution in [0.2, 0.25) is 0 Å². The quantitative estimate of drug-likeness (QED) is 0.625. The zero-order valence-corrected chi connectivity index (χ0v) is 15.2. The number of nitrogens with one attached hydrogen (secondary N) is 1. The maximum Gasteiger partial charge on any atom is 0.0576 e. The van der Waals surface area contributed by atoms with Gasteiger partial charge in [-0.2, -0.15) is 0 Å². The number of hydrogen-bond donors (Lipinski definition) is 1. The van der Waals surface area contributed by atoms with E-state index in [0.29, 0.717) is 12.1 Å². The second-order valence-electron chi connectivity index (χ2n) is 5.59. The monoisotopic (exact) mass is 371 g/mol. The molecule has 118 valence electrons. The molecule has 2 atom stereocenters. The molecule has 2 unspecified atom stereocenters. The van der Waals surface area contributed by atoms with E-state index in [2.05, 4.69) is 52.4 Å². The first-order chi connectivity index (χ1) is 10.3. The van der Waals surface area contributed by atoms with Crippen molar-refractivity contribution in [2.45, 2.75) is 56.1 Å². The van der Waals surface area contributed by atoms with Crippen LogP contribution in [0.25, 0.3) is 0 Å². The summed E-state index contributed by atoms with van der Waals surface area (Å²) in [7, 11) is 0. The van der Waals surface area contributed by atoms with Crippen LogP contribution in [0.5, 0.6) is 0 Å². The Morgan fingerprint density at radius 1 is 1.48 bits per heavy atom. The molecule has 1 aliphatic heterocycles. The van der Waals surface area contributed by atoms with Gasteiger partial charge in [-0.25, -0.2) is 0 Å². The first-order valence-corrected chi connectivity index (χ1v) is 9.79. The van der Waals surface area contributed by atoms with Crippen molar-refractivity contribution in [3.05, 3.63) is 28.7 Å². The van der Waals surface area contributed by atoms with Crippen molar-refractivity contribution in [2.75, 3.05) is 18.9 Å². The molecule has 1 N–H and O–H groups in total. The highest BCUT2D eigenvalue weighted by atomic mass is 79.9. The molecule has 1 aromatic carbocycles. The number of ether oxygens (including phenoxy) is 1. The predicted octanol–water partition coefficient (Wildman–Crippen LogP) is 4.87. The summed E-state index contributed by atoms with van der Waals surface area (Å²) in [5.41, 5.74) is 0. The summed E-state index contributed by atoms with van der Waals surface area (Å²) >= 11 is 5.48. The maximum atomic E-state index is 5.71. The van der Waals surface area contributed by atoms with Gasteiger partial charge in [0.15, 0.2) is 0 Å². The van der Waals surface area contributed by atoms with Gasteiger partial charge in [0.25, 0.3) is 0 Å². The molecule has 0 bridgehead atoms. The molecule has 1 saturated heterocycles. The minimum atomic E-state index is 0.532. The SMILES string of the molecule is CCNC(CCCC1CCCO1)CSc1cccc(Br)c1. The second-order valence-corrected chi connectivity index (χ2v) is 7.60. The fraction of sp³-hybridized carbons (Fsp3) is 0.647. The molecule has 0 saturated carbocycles. The smallest absolute Gasteiger partial charge is 0.0576 e. The molecule has 1 aromatic rings. The molecule has 0 spiro atoms. The van der Waals surface area contributed by atoms with Gasteiger partial charge in [0.1, 0.15) is 0 Å². The Morgan fingerprint density at radius 2 is 2.38 bits per heavy atom. The first-order valence-electron chi connectivity index (χ1n) is 8.01. The zero-order chi connectivity index (χ0) is 14.9. The Balaban J connectivity index is 1.70. The molecule has 0 amide bonds. The molecule has 1 heterocycles. The van der Waals surface area contributed by atoms with Crippen LogP contribution in [-0.4, -0.2) is 31.1 Å². The van der Waals surface area contributed by atoms with Gasteiger partial charge in [-0.15, -0.1) is 11.8 Å². The average molecular weight is 372 g/mol. The molecular weight excluding hydrogens is 346 g/mol. The van der Waals surface area contributed by atoms with Crippen molar-refractivity contribution in [1.82, 2.24) is 5.32 Å². The highest BCUT2D eigenvalue weighted by Crippen LogP contribution is 2.24. The van der Waals surface area contributed by atoms with Gasteiger partial charge in [-0.05, 0) is 56.8 Å². The number of hydrogen-bond acceptors (Lipinski definition) is 3. The van der Waals surface area contributed by atoms with Crippen LogP contribution in [0.15, 0.2) is 33.6 Å². The summed E-state index contributed by atoms with van der Waals surface area (Å²) in [5, 5.41) is 3.62. The Labute approximate surface area is 141 Å². The molecule has 2 nitrogen and oxygen atoms in total. The summed E-state index contributed by atoms with van der Waals surface area (Å²) in [5.74, 6) is 1.13. The lowest BCUT2D eigenvalue weighted by atomic mass is 10.1. The second kappa shape index (κ2) is 9.88. The Bertz CT molecular complexity index is 410. The van der Waals surface area contributed by atoms with Gasteiger partial charge >= 0.3 is 0 Å². The third kappa shape index (κ3) is 6.72. The molecular formula is C17H26BrNOS. The van der Waals surface area contributed by atoms with Crippen molar-refractivity contribution in [3.63, 3.8) is 0 Å². The lowest BCUT2D eigenvalue weighted by Crippen LogP contribution is -2.31. The Kier molecular flexibility index (Phi) is 8.15. The van der Waals surface area contributed by atoms with Gasteiger partial charge < -0.3 is 10.1 Å². The van der Waals surface area contributed by atoms with Gasteiger partial charge in [-0.3, -0.25) is 0 Å². The number of halogens is 1. The number of benzene rings is 1. The molecule has 0 aromatic heterocycles. The van der Waals surface area contributed by atoms with E-state index >= 15 is 0 Å². The van der Waals surface area contributed by atoms with E-state index in [1.165, 1.54) is 37.0 Å². The molecule has 1 aliphatic rings. The largest absolute Gasteiger partial charge is 0.378 e. The van der Waals surface area contributed by atoms with Crippen LogP contribution in [0.3, 0.4) is 0 Å². The Morgan fingerprint density at radius 3 is 3.10 bits per heavy atom. The average Bonchev–Trinajstić information content (AvgIpc) is 2.98. The van der Waals surface area contributed by atoms with Crippen LogP contribution in [0.4, 0.5) is 0 Å². The zero-order valence-electron chi connectivity index (χ0n) is 12.8. The van der Waals surface area contributed by atoms with E-state index in [0.717, 1.165) is 23.4 Å². The topological polar surface area (TPSA) is 21.3 Å². The number of rotatable bonds is 9. The van der Waals surface area contributed by atoms with E-state index in [1.807, 2.05) is 11.8 Å². The third-order valence-electron chi connectivity index (χ3n) is 3.84. The van der Waals surface area contributed by atoms with Crippen LogP contribution < -0.4 is 5.32 Å². The van der Waals surface area contributed by atoms with E-state index in [9.17, 15) is 0 Å². The van der Waals surface area contributed by atoms with Crippen LogP contribution in [-0.2, 0) is 4.74 Å². The van der Waals surface area contributed by atoms with Crippen molar-refractivity contribution < 1.29 is 4.74 Å². The molecule has 0 aliphatic carbocycles. The van der Waals surface area contributed by atoms with Gasteiger partial charge in [0, 0.05) is 27.8 Å². The van der Waals surface area contributed by atoms with E-state index in [-0.39, 0.29) is 0 Å². The minimum Gasteiger partial charge on any atom is -0.378 e. The fourth-order valence-corrected chi connectivity index (χ4v) is 4.36. The molecule has 0 radical (unpaired) electrons. The highest BCUT2D eigenvalue weighted by molar-refractivity contribution is 9.10. The van der Waals surface area contributed by atoms with E-state index < -0.39 is 0 Å². The van der Waals surface area contributed by atoms with Crippen LogP contribution >= 0.6 is 27.7 Å². The maximum absolute atomic E-state index is 5.71. The molecule has 2 rings (SSSR count). The lowest BCUT2D eigenvalue weighted by molar-refractivity contribution is 0.101. The van der Waals surface area contributed by atoms with Crippen molar-refractivity contribution in [2.24, 2.45) is 0 Å². The van der Waals surface area contributed by atoms with E-state index in [4.69, 9.17) is 4.74 Å². The minimum absolute atomic E-state index is 0.532. The molecule has 21 heavy (non-hydrogen) atoms. The van der Waals surface area contributed by atoms with Crippen molar-refractivity contribution in [3.8, 4) is 0 Å². The van der Waals surface area contributed by atoms with Gasteiger partial charge in [0.05, 0.1) is 6.10 Å². The highest BCUT2D eigenvalue weighted by Gasteiger charge is 2.16. The van der Waals surface area contributed by atoms with E-state index in [1.54, 1.807) is 0 Å². The summed E-state index contributed by atoms with van der Waals surface area (Å²) in [4.78, 5) is 1.34. The molecule has 4 heteroatoms. The normalized spacial score (nSPS) is 19.8. The predicted molar refractivity (Wildman–Crippen MR) is 95.2 cm³/mol. The Hall–Kier alpha value is -0.0300. The summed E-state index contributed by atoms with van der Waals surface area (Å²) in [6, 6.07) is 9.16. The fourth-order valence-electron chi connectivity index (χ4n) is 2.75. The first kappa shape index (κ1) is 17.3. The standard InChI is InChI=1S/C17H26BrNOS/c1-2-19-15(7-4-8-16-9-5-11-20-16)13-21-17-10-3-6-14(18)12-17/h3,6,10,12,15-16,19H,2,4-5,7-9,11,13H2,1H3. The van der Waals surface area contributed by atoms with Gasteiger partial charge in [-0.1, -0.05) is 28.9 Å². The number of thioether (sulfide) groups is 1.